The Morgan fingerprint density at radius 1 is 1.22 bits per heavy atom. The van der Waals surface area contributed by atoms with Crippen molar-refractivity contribution in [3.8, 4) is 11.6 Å². The van der Waals surface area contributed by atoms with Crippen LogP contribution in [-0.2, 0) is 13.2 Å². The van der Waals surface area contributed by atoms with Crippen molar-refractivity contribution in [1.82, 2.24) is 9.55 Å². The van der Waals surface area contributed by atoms with E-state index in [1.54, 1.807) is 31.2 Å². The summed E-state index contributed by atoms with van der Waals surface area (Å²) in [4.78, 5) is 16.8. The quantitative estimate of drug-likeness (QED) is 0.721. The molecule has 1 aromatic heterocycles. The molecule has 0 atom stereocenters. The molecule has 1 N–H and O–H groups in total. The van der Waals surface area contributed by atoms with Gasteiger partial charge in [-0.05, 0) is 36.8 Å². The molecule has 8 heteroatoms. The van der Waals surface area contributed by atoms with Gasteiger partial charge in [-0.3, -0.25) is 9.36 Å². The molecule has 3 rings (SSSR count). The molecule has 0 aliphatic heterocycles. The van der Waals surface area contributed by atoms with E-state index >= 15 is 0 Å². The predicted octanol–water partition coefficient (Wildman–Crippen LogP) is 3.54. The van der Waals surface area contributed by atoms with Gasteiger partial charge in [0.1, 0.15) is 24.1 Å². The van der Waals surface area contributed by atoms with Gasteiger partial charge in [-0.1, -0.05) is 23.7 Å². The molecule has 0 saturated heterocycles. The minimum atomic E-state index is -0.767. The second-order valence-corrected chi connectivity index (χ2v) is 6.15. The van der Waals surface area contributed by atoms with Crippen molar-refractivity contribution in [3.05, 3.63) is 86.4 Å². The summed E-state index contributed by atoms with van der Waals surface area (Å²) in [6.45, 7) is 1.16. The Labute approximate surface area is 158 Å². The van der Waals surface area contributed by atoms with Gasteiger partial charge in [-0.15, -0.1) is 0 Å². The van der Waals surface area contributed by atoms with Gasteiger partial charge in [0, 0.05) is 11.6 Å². The van der Waals surface area contributed by atoms with Crippen molar-refractivity contribution < 1.29 is 18.6 Å². The third kappa shape index (κ3) is 3.99. The number of aryl methyl sites for hydroxylation is 1. The Morgan fingerprint density at radius 2 is 2.00 bits per heavy atom. The molecule has 0 aliphatic carbocycles. The summed E-state index contributed by atoms with van der Waals surface area (Å²) >= 11 is 6.10. The minimum absolute atomic E-state index is 0.103. The molecule has 0 amide bonds. The van der Waals surface area contributed by atoms with E-state index < -0.39 is 17.2 Å². The molecule has 1 heterocycles. The maximum absolute atomic E-state index is 13.7. The van der Waals surface area contributed by atoms with E-state index in [2.05, 4.69) is 4.98 Å². The largest absolute Gasteiger partial charge is 0.471 e. The number of aliphatic hydroxyl groups is 1. The number of halogens is 3. The maximum atomic E-state index is 13.7. The lowest BCUT2D eigenvalue weighted by Gasteiger charge is -2.14. The molecule has 0 saturated carbocycles. The molecular formula is C19H15ClF2N2O3. The van der Waals surface area contributed by atoms with Crippen LogP contribution in [0.25, 0.3) is 5.69 Å². The van der Waals surface area contributed by atoms with Gasteiger partial charge >= 0.3 is 0 Å². The van der Waals surface area contributed by atoms with Crippen LogP contribution >= 0.6 is 11.6 Å². The topological polar surface area (TPSA) is 64.3 Å². The average molecular weight is 393 g/mol. The fraction of sp³-hybridized carbons (Fsp3) is 0.158. The SMILES string of the molecule is Cc1nc(OCc2ccc(F)cc2F)c(Cl)c(=O)n1-c1cccc(CO)c1. The number of hydrogen-bond donors (Lipinski definition) is 1. The average Bonchev–Trinajstić information content (AvgIpc) is 2.65. The molecule has 140 valence electrons. The van der Waals surface area contributed by atoms with Crippen molar-refractivity contribution >= 4 is 11.6 Å². The van der Waals surface area contributed by atoms with Crippen LogP contribution in [0.5, 0.6) is 5.88 Å². The zero-order valence-electron chi connectivity index (χ0n) is 14.2. The molecule has 0 radical (unpaired) electrons. The number of ether oxygens (including phenoxy) is 1. The zero-order chi connectivity index (χ0) is 19.6. The fourth-order valence-electron chi connectivity index (χ4n) is 2.56. The molecular weight excluding hydrogens is 378 g/mol. The van der Waals surface area contributed by atoms with E-state index in [1.807, 2.05) is 0 Å². The van der Waals surface area contributed by atoms with E-state index in [0.29, 0.717) is 17.1 Å². The highest BCUT2D eigenvalue weighted by Crippen LogP contribution is 2.22. The monoisotopic (exact) mass is 392 g/mol. The second kappa shape index (κ2) is 7.85. The molecule has 0 aliphatic rings. The van der Waals surface area contributed by atoms with Gasteiger partial charge in [0.15, 0.2) is 5.02 Å². The zero-order valence-corrected chi connectivity index (χ0v) is 15.0. The standard InChI is InChI=1S/C19H15ClF2N2O3/c1-11-23-18(27-10-13-5-6-14(21)8-16(13)22)17(20)19(26)24(11)15-4-2-3-12(7-15)9-25/h2-8,25H,9-10H2,1H3. The summed E-state index contributed by atoms with van der Waals surface area (Å²) in [6.07, 6.45) is 0. The van der Waals surface area contributed by atoms with E-state index in [0.717, 1.165) is 12.1 Å². The Hall–Kier alpha value is -2.77. The third-order valence-corrected chi connectivity index (χ3v) is 4.22. The molecule has 0 bridgehead atoms. The first-order chi connectivity index (χ1) is 12.9. The highest BCUT2D eigenvalue weighted by molar-refractivity contribution is 6.31. The van der Waals surface area contributed by atoms with Crippen LogP contribution in [0, 0.1) is 18.6 Å². The molecule has 5 nitrogen and oxygen atoms in total. The van der Waals surface area contributed by atoms with Gasteiger partial charge in [0.2, 0.25) is 5.88 Å². The molecule has 0 spiro atoms. The van der Waals surface area contributed by atoms with Crippen molar-refractivity contribution in [1.29, 1.82) is 0 Å². The summed E-state index contributed by atoms with van der Waals surface area (Å²) in [5, 5.41) is 8.99. The molecule has 0 unspecified atom stereocenters. The second-order valence-electron chi connectivity index (χ2n) is 5.77. The summed E-state index contributed by atoms with van der Waals surface area (Å²) < 4.78 is 33.3. The van der Waals surface area contributed by atoms with Gasteiger partial charge in [-0.25, -0.2) is 8.78 Å². The fourth-order valence-corrected chi connectivity index (χ4v) is 2.74. The minimum Gasteiger partial charge on any atom is -0.471 e. The first-order valence-electron chi connectivity index (χ1n) is 7.96. The van der Waals surface area contributed by atoms with E-state index in [-0.39, 0.29) is 29.7 Å². The van der Waals surface area contributed by atoms with Crippen molar-refractivity contribution in [3.63, 3.8) is 0 Å². The highest BCUT2D eigenvalue weighted by Gasteiger charge is 2.16. The Bertz CT molecular complexity index is 1050. The van der Waals surface area contributed by atoms with Crippen LogP contribution in [0.2, 0.25) is 5.02 Å². The molecule has 2 aromatic carbocycles. The van der Waals surface area contributed by atoms with Gasteiger partial charge in [-0.2, -0.15) is 4.98 Å². The Morgan fingerprint density at radius 3 is 2.70 bits per heavy atom. The first kappa shape index (κ1) is 19.0. The van der Waals surface area contributed by atoms with Gasteiger partial charge in [0.25, 0.3) is 5.56 Å². The lowest BCUT2D eigenvalue weighted by molar-refractivity contribution is 0.281. The van der Waals surface area contributed by atoms with Crippen LogP contribution in [0.1, 0.15) is 17.0 Å². The number of aliphatic hydroxyl groups excluding tert-OH is 1. The number of nitrogens with zero attached hydrogens (tertiary/aromatic N) is 2. The molecule has 0 fully saturated rings. The smallest absolute Gasteiger partial charge is 0.280 e. The lowest BCUT2D eigenvalue weighted by Crippen LogP contribution is -2.23. The van der Waals surface area contributed by atoms with Crippen molar-refractivity contribution in [2.45, 2.75) is 20.1 Å². The third-order valence-electron chi connectivity index (χ3n) is 3.90. The summed E-state index contributed by atoms with van der Waals surface area (Å²) in [7, 11) is 0. The van der Waals surface area contributed by atoms with Crippen molar-refractivity contribution in [2.75, 3.05) is 0 Å². The van der Waals surface area contributed by atoms with Crippen LogP contribution < -0.4 is 10.3 Å². The van der Waals surface area contributed by atoms with Crippen LogP contribution in [-0.4, -0.2) is 14.7 Å². The summed E-state index contributed by atoms with van der Waals surface area (Å²) in [6, 6.07) is 9.82. The Kier molecular flexibility index (Phi) is 5.53. The summed E-state index contributed by atoms with van der Waals surface area (Å²) in [5.74, 6) is -1.31. The van der Waals surface area contributed by atoms with Gasteiger partial charge in [0.05, 0.1) is 12.3 Å². The lowest BCUT2D eigenvalue weighted by atomic mass is 10.2. The number of rotatable bonds is 5. The highest BCUT2D eigenvalue weighted by atomic mass is 35.5. The molecule has 27 heavy (non-hydrogen) atoms. The van der Waals surface area contributed by atoms with E-state index in [9.17, 15) is 18.7 Å². The number of aromatic nitrogens is 2. The van der Waals surface area contributed by atoms with Crippen LogP contribution in [0.4, 0.5) is 8.78 Å². The Balaban J connectivity index is 1.94. The molecule has 3 aromatic rings. The van der Waals surface area contributed by atoms with Crippen molar-refractivity contribution in [2.24, 2.45) is 0 Å². The van der Waals surface area contributed by atoms with E-state index in [4.69, 9.17) is 16.3 Å². The van der Waals surface area contributed by atoms with Gasteiger partial charge < -0.3 is 9.84 Å². The number of hydrogen-bond acceptors (Lipinski definition) is 4. The summed E-state index contributed by atoms with van der Waals surface area (Å²) in [5.41, 5.74) is 0.664. The van der Waals surface area contributed by atoms with Crippen LogP contribution in [0.15, 0.2) is 47.3 Å². The van der Waals surface area contributed by atoms with E-state index in [1.165, 1.54) is 10.6 Å². The van der Waals surface area contributed by atoms with Crippen LogP contribution in [0.3, 0.4) is 0 Å². The maximum Gasteiger partial charge on any atom is 0.280 e. The normalized spacial score (nSPS) is 10.9. The number of benzene rings is 2. The first-order valence-corrected chi connectivity index (χ1v) is 8.34. The predicted molar refractivity (Wildman–Crippen MR) is 96.2 cm³/mol.